The molecule has 16 heavy (non-hydrogen) atoms. The van der Waals surface area contributed by atoms with Crippen molar-refractivity contribution in [3.8, 4) is 0 Å². The second kappa shape index (κ2) is 4.57. The van der Waals surface area contributed by atoms with Crippen molar-refractivity contribution in [3.63, 3.8) is 0 Å². The zero-order chi connectivity index (χ0) is 11.6. The van der Waals surface area contributed by atoms with Crippen molar-refractivity contribution in [1.82, 2.24) is 10.2 Å². The molecule has 2 rings (SSSR count). The number of aliphatic hydroxyl groups excluding tert-OH is 1. The summed E-state index contributed by atoms with van der Waals surface area (Å²) >= 11 is 0. The third kappa shape index (κ3) is 2.28. The molecule has 1 spiro atoms. The first kappa shape index (κ1) is 11.6. The summed E-state index contributed by atoms with van der Waals surface area (Å²) in [5, 5.41) is 21.2. The number of rotatable bonds is 1. The number of ether oxygens (including phenoxy) is 1. The Kier molecular flexibility index (Phi) is 3.32. The average molecular weight is 230 g/mol. The monoisotopic (exact) mass is 230 g/mol. The standard InChI is InChI=1S/C10H18N2O4/c13-5-8-3-10(6-11-4-8)1-2-12(7-16-10)9(14)15/h8,11,13H,1-7H2,(H,14,15). The van der Waals surface area contributed by atoms with E-state index in [2.05, 4.69) is 5.32 Å². The van der Waals surface area contributed by atoms with Crippen molar-refractivity contribution >= 4 is 6.09 Å². The first-order chi connectivity index (χ1) is 7.65. The first-order valence-corrected chi connectivity index (χ1v) is 5.59. The number of aliphatic hydroxyl groups is 1. The Labute approximate surface area is 94.2 Å². The Morgan fingerprint density at radius 3 is 3.00 bits per heavy atom. The second-order valence-corrected chi connectivity index (χ2v) is 4.64. The van der Waals surface area contributed by atoms with Gasteiger partial charge in [0, 0.05) is 26.2 Å². The predicted molar refractivity (Wildman–Crippen MR) is 56.1 cm³/mol. The largest absolute Gasteiger partial charge is 0.465 e. The van der Waals surface area contributed by atoms with E-state index in [1.807, 2.05) is 0 Å². The fraction of sp³-hybridized carbons (Fsp3) is 0.900. The molecule has 0 radical (unpaired) electrons. The lowest BCUT2D eigenvalue weighted by Crippen LogP contribution is -2.57. The van der Waals surface area contributed by atoms with Gasteiger partial charge in [0.1, 0.15) is 6.73 Å². The third-order valence-electron chi connectivity index (χ3n) is 3.43. The summed E-state index contributed by atoms with van der Waals surface area (Å²) in [6.07, 6.45) is 0.574. The smallest absolute Gasteiger partial charge is 0.409 e. The van der Waals surface area contributed by atoms with Crippen LogP contribution in [-0.4, -0.2) is 59.8 Å². The van der Waals surface area contributed by atoms with Gasteiger partial charge in [-0.2, -0.15) is 0 Å². The van der Waals surface area contributed by atoms with Gasteiger partial charge >= 0.3 is 6.09 Å². The highest BCUT2D eigenvalue weighted by atomic mass is 16.5. The number of amides is 1. The van der Waals surface area contributed by atoms with Crippen LogP contribution >= 0.6 is 0 Å². The summed E-state index contributed by atoms with van der Waals surface area (Å²) in [4.78, 5) is 12.0. The van der Waals surface area contributed by atoms with Crippen LogP contribution in [0.25, 0.3) is 0 Å². The van der Waals surface area contributed by atoms with Crippen LogP contribution in [0.2, 0.25) is 0 Å². The van der Waals surface area contributed by atoms with E-state index in [1.165, 1.54) is 4.90 Å². The van der Waals surface area contributed by atoms with Gasteiger partial charge in [0.25, 0.3) is 0 Å². The quantitative estimate of drug-likeness (QED) is 0.575. The van der Waals surface area contributed by atoms with E-state index in [0.717, 1.165) is 19.5 Å². The molecule has 6 nitrogen and oxygen atoms in total. The van der Waals surface area contributed by atoms with Crippen LogP contribution < -0.4 is 5.32 Å². The van der Waals surface area contributed by atoms with E-state index >= 15 is 0 Å². The van der Waals surface area contributed by atoms with E-state index in [4.69, 9.17) is 14.9 Å². The van der Waals surface area contributed by atoms with E-state index in [9.17, 15) is 4.79 Å². The average Bonchev–Trinajstić information content (AvgIpc) is 2.29. The van der Waals surface area contributed by atoms with E-state index < -0.39 is 6.09 Å². The molecule has 2 fully saturated rings. The lowest BCUT2D eigenvalue weighted by molar-refractivity contribution is -0.146. The molecule has 0 saturated carbocycles. The summed E-state index contributed by atoms with van der Waals surface area (Å²) in [5.41, 5.74) is -0.280. The van der Waals surface area contributed by atoms with Gasteiger partial charge in [0.2, 0.25) is 0 Å². The van der Waals surface area contributed by atoms with Crippen molar-refractivity contribution in [3.05, 3.63) is 0 Å². The Balaban J connectivity index is 1.93. The van der Waals surface area contributed by atoms with Crippen LogP contribution in [0.5, 0.6) is 0 Å². The molecule has 2 saturated heterocycles. The Bertz CT molecular complexity index is 264. The summed E-state index contributed by atoms with van der Waals surface area (Å²) in [5.74, 6) is 0.213. The summed E-state index contributed by atoms with van der Waals surface area (Å²) in [7, 11) is 0. The lowest BCUT2D eigenvalue weighted by Gasteiger charge is -2.45. The first-order valence-electron chi connectivity index (χ1n) is 5.59. The predicted octanol–water partition coefficient (Wildman–Crippen LogP) is -0.315. The number of hydrogen-bond acceptors (Lipinski definition) is 4. The van der Waals surface area contributed by atoms with Crippen molar-refractivity contribution in [2.75, 3.05) is 33.0 Å². The maximum Gasteiger partial charge on any atom is 0.409 e. The van der Waals surface area contributed by atoms with Crippen LogP contribution in [0, 0.1) is 5.92 Å². The molecule has 0 aromatic heterocycles. The van der Waals surface area contributed by atoms with Gasteiger partial charge in [-0.25, -0.2) is 4.79 Å². The van der Waals surface area contributed by atoms with Crippen LogP contribution in [0.4, 0.5) is 4.79 Å². The minimum Gasteiger partial charge on any atom is -0.465 e. The molecule has 0 aliphatic carbocycles. The van der Waals surface area contributed by atoms with E-state index in [1.54, 1.807) is 0 Å². The van der Waals surface area contributed by atoms with Gasteiger partial charge in [-0.1, -0.05) is 0 Å². The van der Waals surface area contributed by atoms with Gasteiger partial charge in [0.05, 0.1) is 5.60 Å². The molecule has 1 amide bonds. The normalized spacial score (nSPS) is 35.3. The highest BCUT2D eigenvalue weighted by Gasteiger charge is 2.40. The van der Waals surface area contributed by atoms with Crippen molar-refractivity contribution in [2.45, 2.75) is 18.4 Å². The number of piperidine rings is 1. The van der Waals surface area contributed by atoms with Gasteiger partial charge in [0.15, 0.2) is 0 Å². The number of carboxylic acid groups (broad SMARTS) is 1. The minimum atomic E-state index is -0.933. The molecule has 2 heterocycles. The van der Waals surface area contributed by atoms with E-state index in [0.29, 0.717) is 13.0 Å². The second-order valence-electron chi connectivity index (χ2n) is 4.64. The van der Waals surface area contributed by atoms with Crippen LogP contribution in [-0.2, 0) is 4.74 Å². The maximum atomic E-state index is 10.7. The third-order valence-corrected chi connectivity index (χ3v) is 3.43. The molecule has 2 atom stereocenters. The van der Waals surface area contributed by atoms with Crippen LogP contribution in [0.3, 0.4) is 0 Å². The maximum absolute atomic E-state index is 10.7. The molecule has 0 bridgehead atoms. The van der Waals surface area contributed by atoms with Crippen molar-refractivity contribution in [2.24, 2.45) is 5.92 Å². The van der Waals surface area contributed by atoms with Crippen LogP contribution in [0.15, 0.2) is 0 Å². The van der Waals surface area contributed by atoms with Gasteiger partial charge in [-0.3, -0.25) is 4.90 Å². The zero-order valence-corrected chi connectivity index (χ0v) is 9.19. The molecule has 6 heteroatoms. The molecule has 0 aromatic carbocycles. The number of nitrogens with zero attached hydrogens (tertiary/aromatic N) is 1. The molecule has 2 unspecified atom stereocenters. The highest BCUT2D eigenvalue weighted by molar-refractivity contribution is 5.64. The van der Waals surface area contributed by atoms with Crippen molar-refractivity contribution in [1.29, 1.82) is 0 Å². The Morgan fingerprint density at radius 1 is 1.62 bits per heavy atom. The van der Waals surface area contributed by atoms with Gasteiger partial charge < -0.3 is 20.3 Å². The summed E-state index contributed by atoms with van der Waals surface area (Å²) in [6, 6.07) is 0. The SMILES string of the molecule is O=C(O)N1CCC2(CNCC(CO)C2)OC1. The molecule has 2 aliphatic rings. The topological polar surface area (TPSA) is 82.0 Å². The molecular formula is C10H18N2O4. The number of nitrogens with one attached hydrogen (secondary N) is 1. The highest BCUT2D eigenvalue weighted by Crippen LogP contribution is 2.31. The number of hydrogen-bond donors (Lipinski definition) is 3. The van der Waals surface area contributed by atoms with E-state index in [-0.39, 0.29) is 24.9 Å². The zero-order valence-electron chi connectivity index (χ0n) is 9.19. The Hall–Kier alpha value is -0.850. The molecule has 3 N–H and O–H groups in total. The van der Waals surface area contributed by atoms with Crippen LogP contribution in [0.1, 0.15) is 12.8 Å². The number of carbonyl (C=O) groups is 1. The Morgan fingerprint density at radius 2 is 2.44 bits per heavy atom. The minimum absolute atomic E-state index is 0.134. The summed E-state index contributed by atoms with van der Waals surface area (Å²) < 4.78 is 5.68. The molecule has 2 aliphatic heterocycles. The van der Waals surface area contributed by atoms with Crippen molar-refractivity contribution < 1.29 is 19.7 Å². The van der Waals surface area contributed by atoms with Gasteiger partial charge in [-0.15, -0.1) is 0 Å². The summed E-state index contributed by atoms with van der Waals surface area (Å²) in [6.45, 7) is 2.35. The molecule has 92 valence electrons. The molecular weight excluding hydrogens is 212 g/mol. The fourth-order valence-electron chi connectivity index (χ4n) is 2.45. The molecule has 0 aromatic rings. The van der Waals surface area contributed by atoms with Gasteiger partial charge in [-0.05, 0) is 18.8 Å². The lowest BCUT2D eigenvalue weighted by atomic mass is 9.83. The fourth-order valence-corrected chi connectivity index (χ4v) is 2.45.